The predicted octanol–water partition coefficient (Wildman–Crippen LogP) is 0.192. The van der Waals surface area contributed by atoms with Gasteiger partial charge in [0.25, 0.3) is 0 Å². The zero-order valence-corrected chi connectivity index (χ0v) is 9.69. The molecule has 1 heterocycles. The van der Waals surface area contributed by atoms with Crippen LogP contribution in [0, 0.1) is 5.82 Å². The van der Waals surface area contributed by atoms with Gasteiger partial charge in [-0.25, -0.2) is 9.18 Å². The summed E-state index contributed by atoms with van der Waals surface area (Å²) in [5, 5.41) is 0. The van der Waals surface area contributed by atoms with E-state index in [1.165, 1.54) is 24.3 Å². The van der Waals surface area contributed by atoms with Crippen molar-refractivity contribution in [2.24, 2.45) is 0 Å². The average Bonchev–Trinajstić information content (AvgIpc) is 2.34. The van der Waals surface area contributed by atoms with Crippen molar-refractivity contribution in [2.75, 3.05) is 5.73 Å². The molecule has 0 aliphatic carbocycles. The lowest BCUT2D eigenvalue weighted by Gasteiger charge is -2.08. The highest BCUT2D eigenvalue weighted by Gasteiger charge is 2.06. The van der Waals surface area contributed by atoms with Crippen LogP contribution in [0.15, 0.2) is 40.2 Å². The van der Waals surface area contributed by atoms with E-state index in [0.29, 0.717) is 5.69 Å². The lowest BCUT2D eigenvalue weighted by molar-refractivity contribution is 0.537. The van der Waals surface area contributed by atoms with Crippen LogP contribution < -0.4 is 11.4 Å². The Balaban J connectivity index is 2.52. The monoisotopic (exact) mass is 268 g/mol. The Bertz CT molecular complexity index is 669. The molecule has 0 aliphatic rings. The molecule has 1 unspecified atom stereocenters. The molecule has 0 fully saturated rings. The molecule has 0 amide bonds. The van der Waals surface area contributed by atoms with E-state index in [4.69, 9.17) is 5.73 Å². The van der Waals surface area contributed by atoms with Crippen LogP contribution >= 0.6 is 0 Å². The average molecular weight is 268 g/mol. The van der Waals surface area contributed by atoms with Gasteiger partial charge in [-0.15, -0.1) is 0 Å². The molecule has 18 heavy (non-hydrogen) atoms. The van der Waals surface area contributed by atoms with Crippen molar-refractivity contribution in [1.82, 2.24) is 9.55 Å². The number of rotatable bonds is 2. The zero-order valence-electron chi connectivity index (χ0n) is 8.87. The van der Waals surface area contributed by atoms with Crippen LogP contribution in [-0.4, -0.2) is 18.3 Å². The Morgan fingerprint density at radius 3 is 2.50 bits per heavy atom. The summed E-state index contributed by atoms with van der Waals surface area (Å²) in [5.74, 6) is -1.31. The minimum absolute atomic E-state index is 0.0654. The minimum atomic E-state index is -2.35. The number of halogens is 1. The number of anilines is 1. The van der Waals surface area contributed by atoms with E-state index in [9.17, 15) is 17.9 Å². The van der Waals surface area contributed by atoms with Crippen molar-refractivity contribution in [3.8, 4) is 5.69 Å². The third-order valence-corrected chi connectivity index (χ3v) is 2.87. The lowest BCUT2D eigenvalue weighted by Crippen LogP contribution is -2.23. The molecule has 0 bridgehead atoms. The lowest BCUT2D eigenvalue weighted by atomic mass is 10.3. The van der Waals surface area contributed by atoms with Crippen LogP contribution in [0.25, 0.3) is 5.69 Å². The molecule has 0 saturated carbocycles. The molecule has 2 rings (SSSR count). The van der Waals surface area contributed by atoms with Crippen LogP contribution in [0.1, 0.15) is 0 Å². The van der Waals surface area contributed by atoms with E-state index in [1.807, 2.05) is 0 Å². The Morgan fingerprint density at radius 1 is 1.33 bits per heavy atom. The fourth-order valence-corrected chi connectivity index (χ4v) is 1.71. The first-order chi connectivity index (χ1) is 8.49. The van der Waals surface area contributed by atoms with Gasteiger partial charge in [0.05, 0.1) is 11.9 Å². The Kier molecular flexibility index (Phi) is 3.21. The highest BCUT2D eigenvalue weighted by molar-refractivity contribution is 7.79. The number of aromatic nitrogens is 2. The normalized spacial score (nSPS) is 12.3. The Morgan fingerprint density at radius 2 is 1.94 bits per heavy atom. The molecular formula is C10H7FN3O3S-. The van der Waals surface area contributed by atoms with Crippen LogP contribution in [0.3, 0.4) is 0 Å². The SMILES string of the molecule is Nc1nc(=O)n(-c2ccc(S(=O)[O-])cc2)cc1F. The summed E-state index contributed by atoms with van der Waals surface area (Å²) >= 11 is -2.35. The first kappa shape index (κ1) is 12.4. The van der Waals surface area contributed by atoms with Gasteiger partial charge in [-0.1, -0.05) is 0 Å². The van der Waals surface area contributed by atoms with E-state index in [1.54, 1.807) is 0 Å². The second-order valence-electron chi connectivity index (χ2n) is 3.36. The molecule has 0 saturated heterocycles. The molecule has 8 heteroatoms. The molecule has 1 aromatic carbocycles. The van der Waals surface area contributed by atoms with Gasteiger partial charge < -0.3 is 10.3 Å². The number of hydrogen-bond acceptors (Lipinski definition) is 5. The molecule has 2 N–H and O–H groups in total. The summed E-state index contributed by atoms with van der Waals surface area (Å²) in [6.45, 7) is 0. The van der Waals surface area contributed by atoms with Crippen LogP contribution in [0.2, 0.25) is 0 Å². The highest BCUT2D eigenvalue weighted by Crippen LogP contribution is 2.11. The van der Waals surface area contributed by atoms with Gasteiger partial charge in [0, 0.05) is 4.90 Å². The third kappa shape index (κ3) is 2.29. The van der Waals surface area contributed by atoms with E-state index in [2.05, 4.69) is 4.98 Å². The predicted molar refractivity (Wildman–Crippen MR) is 61.4 cm³/mol. The minimum Gasteiger partial charge on any atom is -0.768 e. The Labute approximate surface area is 103 Å². The summed E-state index contributed by atoms with van der Waals surface area (Å²) in [4.78, 5) is 14.9. The van der Waals surface area contributed by atoms with E-state index < -0.39 is 28.4 Å². The van der Waals surface area contributed by atoms with E-state index >= 15 is 0 Å². The van der Waals surface area contributed by atoms with Gasteiger partial charge in [-0.2, -0.15) is 4.98 Å². The fourth-order valence-electron chi connectivity index (χ4n) is 1.35. The van der Waals surface area contributed by atoms with Gasteiger partial charge in [0.2, 0.25) is 0 Å². The molecule has 2 aromatic rings. The summed E-state index contributed by atoms with van der Waals surface area (Å²) in [7, 11) is 0. The summed E-state index contributed by atoms with van der Waals surface area (Å²) in [6.07, 6.45) is 0.897. The van der Waals surface area contributed by atoms with E-state index in [0.717, 1.165) is 10.8 Å². The molecule has 0 radical (unpaired) electrons. The zero-order chi connectivity index (χ0) is 13.3. The van der Waals surface area contributed by atoms with Crippen molar-refractivity contribution in [3.05, 3.63) is 46.8 Å². The number of hydrogen-bond donors (Lipinski definition) is 1. The summed E-state index contributed by atoms with van der Waals surface area (Å²) in [6, 6.07) is 5.31. The smallest absolute Gasteiger partial charge is 0.354 e. The maximum Gasteiger partial charge on any atom is 0.354 e. The molecule has 6 nitrogen and oxygen atoms in total. The molecule has 1 aromatic heterocycles. The first-order valence-corrected chi connectivity index (χ1v) is 5.81. The van der Waals surface area contributed by atoms with Crippen molar-refractivity contribution < 1.29 is 13.2 Å². The maximum atomic E-state index is 13.2. The number of nitrogens with two attached hydrogens (primary N) is 1. The fraction of sp³-hybridized carbons (Fsp3) is 0. The topological polar surface area (TPSA) is 101 Å². The van der Waals surface area contributed by atoms with E-state index in [-0.39, 0.29) is 4.90 Å². The molecule has 0 spiro atoms. The van der Waals surface area contributed by atoms with Crippen molar-refractivity contribution in [3.63, 3.8) is 0 Å². The maximum absolute atomic E-state index is 13.2. The van der Waals surface area contributed by atoms with Crippen molar-refractivity contribution in [2.45, 2.75) is 4.90 Å². The number of benzene rings is 1. The van der Waals surface area contributed by atoms with Crippen molar-refractivity contribution in [1.29, 1.82) is 0 Å². The second kappa shape index (κ2) is 4.67. The number of nitrogen functional groups attached to an aromatic ring is 1. The first-order valence-electron chi connectivity index (χ1n) is 4.73. The van der Waals surface area contributed by atoms with Crippen LogP contribution in [0.4, 0.5) is 10.2 Å². The molecular weight excluding hydrogens is 261 g/mol. The van der Waals surface area contributed by atoms with Gasteiger partial charge >= 0.3 is 5.69 Å². The standard InChI is InChI=1S/C10H8FN3O3S/c11-8-5-14(10(15)13-9(8)12)6-1-3-7(4-2-6)18(16)17/h1-5H,(H,16,17)(H2,12,13,15)/p-1. The van der Waals surface area contributed by atoms with Crippen LogP contribution in [0.5, 0.6) is 0 Å². The quantitative estimate of drug-likeness (QED) is 0.783. The van der Waals surface area contributed by atoms with Gasteiger partial charge in [-0.3, -0.25) is 8.78 Å². The molecule has 94 valence electrons. The highest BCUT2D eigenvalue weighted by atomic mass is 32.2. The van der Waals surface area contributed by atoms with Crippen molar-refractivity contribution >= 4 is 16.9 Å². The van der Waals surface area contributed by atoms with Gasteiger partial charge in [0.1, 0.15) is 0 Å². The number of nitrogens with zero attached hydrogens (tertiary/aromatic N) is 2. The molecule has 1 atom stereocenters. The van der Waals surface area contributed by atoms with Gasteiger partial charge in [-0.05, 0) is 35.3 Å². The van der Waals surface area contributed by atoms with Crippen LogP contribution in [-0.2, 0) is 11.1 Å². The summed E-state index contributed by atoms with van der Waals surface area (Å²) in [5.41, 5.74) is 4.70. The Hall–Kier alpha value is -2.06. The largest absolute Gasteiger partial charge is 0.768 e. The van der Waals surface area contributed by atoms with Gasteiger partial charge in [0.15, 0.2) is 11.6 Å². The summed E-state index contributed by atoms with van der Waals surface area (Å²) < 4.78 is 35.5. The third-order valence-electron chi connectivity index (χ3n) is 2.22. The second-order valence-corrected chi connectivity index (χ2v) is 4.30. The molecule has 0 aliphatic heterocycles.